The Hall–Kier alpha value is -1.31. The third-order valence-corrected chi connectivity index (χ3v) is 4.45. The predicted octanol–water partition coefficient (Wildman–Crippen LogP) is 4.03. The molecule has 0 radical (unpaired) electrons. The van der Waals surface area contributed by atoms with Gasteiger partial charge < -0.3 is 4.57 Å². The SMILES string of the molecule is CC1CCC(n2cnc3ccccc32)CC1C. The molecule has 2 aromatic rings. The van der Waals surface area contributed by atoms with Crippen LogP contribution in [0, 0.1) is 11.8 Å². The maximum Gasteiger partial charge on any atom is 0.0960 e. The highest BCUT2D eigenvalue weighted by atomic mass is 15.1. The molecule has 0 amide bonds. The van der Waals surface area contributed by atoms with E-state index in [9.17, 15) is 0 Å². The van der Waals surface area contributed by atoms with Crippen LogP contribution < -0.4 is 0 Å². The third kappa shape index (κ3) is 1.86. The van der Waals surface area contributed by atoms with Gasteiger partial charge in [0.25, 0.3) is 0 Å². The summed E-state index contributed by atoms with van der Waals surface area (Å²) in [6, 6.07) is 9.10. The van der Waals surface area contributed by atoms with Crippen LogP contribution >= 0.6 is 0 Å². The topological polar surface area (TPSA) is 17.8 Å². The van der Waals surface area contributed by atoms with E-state index >= 15 is 0 Å². The van der Waals surface area contributed by atoms with Crippen molar-refractivity contribution in [1.29, 1.82) is 0 Å². The quantitative estimate of drug-likeness (QED) is 0.720. The number of fused-ring (bicyclic) bond motifs is 1. The van der Waals surface area contributed by atoms with Crippen molar-refractivity contribution in [1.82, 2.24) is 9.55 Å². The molecule has 2 nitrogen and oxygen atoms in total. The van der Waals surface area contributed by atoms with Crippen molar-refractivity contribution in [2.45, 2.75) is 39.2 Å². The summed E-state index contributed by atoms with van der Waals surface area (Å²) in [6.45, 7) is 4.77. The fraction of sp³-hybridized carbons (Fsp3) is 0.533. The Bertz CT molecular complexity index is 514. The predicted molar refractivity (Wildman–Crippen MR) is 70.9 cm³/mol. The van der Waals surface area contributed by atoms with Gasteiger partial charge in [-0.05, 0) is 43.2 Å². The van der Waals surface area contributed by atoms with Crippen LogP contribution in [0.25, 0.3) is 11.0 Å². The number of rotatable bonds is 1. The fourth-order valence-electron chi connectivity index (χ4n) is 3.04. The zero-order valence-electron chi connectivity index (χ0n) is 10.6. The molecule has 0 saturated heterocycles. The van der Waals surface area contributed by atoms with Gasteiger partial charge in [0.15, 0.2) is 0 Å². The summed E-state index contributed by atoms with van der Waals surface area (Å²) in [5.74, 6) is 1.70. The van der Waals surface area contributed by atoms with Crippen LogP contribution in [0.4, 0.5) is 0 Å². The Morgan fingerprint density at radius 2 is 1.94 bits per heavy atom. The second-order valence-electron chi connectivity index (χ2n) is 5.56. The molecule has 3 atom stereocenters. The van der Waals surface area contributed by atoms with Gasteiger partial charge in [-0.1, -0.05) is 26.0 Å². The number of aromatic nitrogens is 2. The van der Waals surface area contributed by atoms with E-state index in [1.165, 1.54) is 24.8 Å². The van der Waals surface area contributed by atoms with Crippen LogP contribution in [0.5, 0.6) is 0 Å². The molecule has 1 fully saturated rings. The molecule has 1 aromatic carbocycles. The van der Waals surface area contributed by atoms with Crippen molar-refractivity contribution < 1.29 is 0 Å². The normalized spacial score (nSPS) is 29.6. The van der Waals surface area contributed by atoms with Gasteiger partial charge in [-0.2, -0.15) is 0 Å². The minimum absolute atomic E-state index is 0.647. The molecule has 3 rings (SSSR count). The lowest BCUT2D eigenvalue weighted by molar-refractivity contribution is 0.213. The Labute approximate surface area is 103 Å². The molecule has 1 aliphatic rings. The lowest BCUT2D eigenvalue weighted by Gasteiger charge is -2.33. The Kier molecular flexibility index (Phi) is 2.65. The van der Waals surface area contributed by atoms with Crippen LogP contribution in [0.2, 0.25) is 0 Å². The zero-order valence-corrected chi connectivity index (χ0v) is 10.6. The van der Waals surface area contributed by atoms with Gasteiger partial charge >= 0.3 is 0 Å². The monoisotopic (exact) mass is 228 g/mol. The van der Waals surface area contributed by atoms with Crippen molar-refractivity contribution in [2.24, 2.45) is 11.8 Å². The molecular formula is C15H20N2. The largest absolute Gasteiger partial charge is 0.327 e. The lowest BCUT2D eigenvalue weighted by atomic mass is 9.79. The van der Waals surface area contributed by atoms with Crippen LogP contribution in [0.15, 0.2) is 30.6 Å². The molecule has 0 bridgehead atoms. The highest BCUT2D eigenvalue weighted by Gasteiger charge is 2.26. The van der Waals surface area contributed by atoms with Gasteiger partial charge in [0.05, 0.1) is 17.4 Å². The van der Waals surface area contributed by atoms with Crippen molar-refractivity contribution >= 4 is 11.0 Å². The molecule has 0 aliphatic heterocycles. The van der Waals surface area contributed by atoms with E-state index in [1.54, 1.807) is 0 Å². The second kappa shape index (κ2) is 4.17. The van der Waals surface area contributed by atoms with Gasteiger partial charge in [0.2, 0.25) is 0 Å². The first-order valence-electron chi connectivity index (χ1n) is 6.67. The van der Waals surface area contributed by atoms with E-state index in [0.717, 1.165) is 17.4 Å². The average molecular weight is 228 g/mol. The van der Waals surface area contributed by atoms with Gasteiger partial charge in [0, 0.05) is 6.04 Å². The number of para-hydroxylation sites is 2. The molecule has 3 unspecified atom stereocenters. The molecule has 1 aromatic heterocycles. The molecule has 2 heteroatoms. The zero-order chi connectivity index (χ0) is 11.8. The number of hydrogen-bond donors (Lipinski definition) is 0. The van der Waals surface area contributed by atoms with Crippen molar-refractivity contribution in [3.05, 3.63) is 30.6 Å². The van der Waals surface area contributed by atoms with E-state index in [1.807, 2.05) is 6.33 Å². The number of hydrogen-bond acceptors (Lipinski definition) is 1. The maximum atomic E-state index is 4.50. The molecule has 1 aliphatic carbocycles. The standard InChI is InChI=1S/C15H20N2/c1-11-7-8-13(9-12(11)2)17-10-16-14-5-3-4-6-15(14)17/h3-6,10-13H,7-9H2,1-2H3. The summed E-state index contributed by atoms with van der Waals surface area (Å²) in [7, 11) is 0. The van der Waals surface area contributed by atoms with Crippen molar-refractivity contribution in [2.75, 3.05) is 0 Å². The van der Waals surface area contributed by atoms with Gasteiger partial charge in [0.1, 0.15) is 0 Å². The van der Waals surface area contributed by atoms with E-state index < -0.39 is 0 Å². The third-order valence-electron chi connectivity index (χ3n) is 4.45. The molecule has 17 heavy (non-hydrogen) atoms. The molecule has 1 saturated carbocycles. The molecule has 90 valence electrons. The Morgan fingerprint density at radius 3 is 2.76 bits per heavy atom. The summed E-state index contributed by atoms with van der Waals surface area (Å²) in [5, 5.41) is 0. The van der Waals surface area contributed by atoms with E-state index in [-0.39, 0.29) is 0 Å². The second-order valence-corrected chi connectivity index (χ2v) is 5.56. The maximum absolute atomic E-state index is 4.50. The first kappa shape index (κ1) is 10.8. The fourth-order valence-corrected chi connectivity index (χ4v) is 3.04. The van der Waals surface area contributed by atoms with E-state index in [0.29, 0.717) is 6.04 Å². The molecule has 0 N–H and O–H groups in total. The van der Waals surface area contributed by atoms with Crippen molar-refractivity contribution in [3.8, 4) is 0 Å². The van der Waals surface area contributed by atoms with Crippen LogP contribution in [-0.2, 0) is 0 Å². The lowest BCUT2D eigenvalue weighted by Crippen LogP contribution is -2.22. The summed E-state index contributed by atoms with van der Waals surface area (Å²) in [4.78, 5) is 4.50. The van der Waals surface area contributed by atoms with Crippen LogP contribution in [0.3, 0.4) is 0 Å². The number of imidazole rings is 1. The first-order chi connectivity index (χ1) is 8.25. The first-order valence-corrected chi connectivity index (χ1v) is 6.67. The summed E-state index contributed by atoms with van der Waals surface area (Å²) >= 11 is 0. The number of nitrogens with zero attached hydrogens (tertiary/aromatic N) is 2. The molecule has 0 spiro atoms. The summed E-state index contributed by atoms with van der Waals surface area (Å²) < 4.78 is 2.39. The average Bonchev–Trinajstić information content (AvgIpc) is 2.76. The van der Waals surface area contributed by atoms with E-state index in [2.05, 4.69) is 47.7 Å². The van der Waals surface area contributed by atoms with Gasteiger partial charge in [-0.15, -0.1) is 0 Å². The molecular weight excluding hydrogens is 208 g/mol. The highest BCUT2D eigenvalue weighted by molar-refractivity contribution is 5.75. The smallest absolute Gasteiger partial charge is 0.0960 e. The number of benzene rings is 1. The minimum Gasteiger partial charge on any atom is -0.327 e. The minimum atomic E-state index is 0.647. The summed E-state index contributed by atoms with van der Waals surface area (Å²) in [6.07, 6.45) is 5.96. The molecule has 1 heterocycles. The highest BCUT2D eigenvalue weighted by Crippen LogP contribution is 2.37. The van der Waals surface area contributed by atoms with Crippen LogP contribution in [0.1, 0.15) is 39.2 Å². The van der Waals surface area contributed by atoms with Gasteiger partial charge in [-0.3, -0.25) is 0 Å². The van der Waals surface area contributed by atoms with Crippen LogP contribution in [-0.4, -0.2) is 9.55 Å². The Balaban J connectivity index is 1.94. The van der Waals surface area contributed by atoms with Crippen molar-refractivity contribution in [3.63, 3.8) is 0 Å². The van der Waals surface area contributed by atoms with Gasteiger partial charge in [-0.25, -0.2) is 4.98 Å². The summed E-state index contributed by atoms with van der Waals surface area (Å²) in [5.41, 5.74) is 2.41. The Morgan fingerprint density at radius 1 is 1.12 bits per heavy atom. The van der Waals surface area contributed by atoms with E-state index in [4.69, 9.17) is 0 Å².